The van der Waals surface area contributed by atoms with Crippen molar-refractivity contribution in [3.05, 3.63) is 158 Å². The van der Waals surface area contributed by atoms with E-state index in [0.29, 0.717) is 0 Å². The third-order valence-electron chi connectivity index (χ3n) is 10.4. The molecule has 11 aromatic rings. The van der Waals surface area contributed by atoms with Crippen LogP contribution in [0.1, 0.15) is 0 Å². The van der Waals surface area contributed by atoms with Crippen LogP contribution in [-0.2, 0) is 0 Å². The van der Waals surface area contributed by atoms with E-state index in [0.717, 1.165) is 27.5 Å². The van der Waals surface area contributed by atoms with E-state index in [9.17, 15) is 0 Å². The van der Waals surface area contributed by atoms with Crippen molar-refractivity contribution in [2.45, 2.75) is 0 Å². The largest absolute Gasteiger partial charge is 0.455 e. The topological polar surface area (TPSA) is 13.1 Å². The van der Waals surface area contributed by atoms with Crippen LogP contribution in [0.3, 0.4) is 0 Å². The van der Waals surface area contributed by atoms with Crippen LogP contribution in [0.5, 0.6) is 0 Å². The first-order valence-electron chi connectivity index (χ1n) is 16.3. The number of fused-ring (bicyclic) bond motifs is 7. The molecule has 10 aromatic carbocycles. The van der Waals surface area contributed by atoms with Crippen molar-refractivity contribution in [3.8, 4) is 22.3 Å². The van der Waals surface area contributed by atoms with Crippen LogP contribution in [0.2, 0.25) is 0 Å². The second kappa shape index (κ2) is 9.19. The van der Waals surface area contributed by atoms with Crippen LogP contribution in [-0.4, -0.2) is 0 Å². The summed E-state index contributed by atoms with van der Waals surface area (Å²) in [6.45, 7) is 0. The molecule has 0 radical (unpaired) electrons. The van der Waals surface area contributed by atoms with Gasteiger partial charge in [-0.3, -0.25) is 0 Å². The molecule has 0 saturated heterocycles. The van der Waals surface area contributed by atoms with Gasteiger partial charge in [0.15, 0.2) is 0 Å². The standard InChI is InChI=1S/C46H26O/c1-2-9-32-26-42-41(25-31(32)8-1)45-39(35-14-6-13-34-33-12-4-3-7-27(33)17-20-36(34)35)23-24-40(46(45)47-42)37-21-18-30-16-15-28-10-5-11-29-19-22-38(37)44(30)43(28)29/h1-26H. The minimum Gasteiger partial charge on any atom is -0.455 e. The van der Waals surface area contributed by atoms with Gasteiger partial charge in [0.25, 0.3) is 0 Å². The van der Waals surface area contributed by atoms with E-state index in [4.69, 9.17) is 4.42 Å². The molecule has 0 aliphatic rings. The van der Waals surface area contributed by atoms with E-state index in [1.165, 1.54) is 81.3 Å². The second-order valence-corrected chi connectivity index (χ2v) is 12.8. The van der Waals surface area contributed by atoms with Crippen molar-refractivity contribution in [2.24, 2.45) is 0 Å². The highest BCUT2D eigenvalue weighted by atomic mass is 16.3. The third kappa shape index (κ3) is 3.43. The summed E-state index contributed by atoms with van der Waals surface area (Å²) >= 11 is 0. The smallest absolute Gasteiger partial charge is 0.143 e. The molecule has 11 rings (SSSR count). The lowest BCUT2D eigenvalue weighted by Crippen LogP contribution is -1.89. The molecular formula is C46H26O. The number of hydrogen-bond donors (Lipinski definition) is 0. The van der Waals surface area contributed by atoms with Crippen molar-refractivity contribution < 1.29 is 4.42 Å². The van der Waals surface area contributed by atoms with Crippen LogP contribution in [0.25, 0.3) is 109 Å². The maximum absolute atomic E-state index is 6.98. The van der Waals surface area contributed by atoms with Gasteiger partial charge in [-0.05, 0) is 99.5 Å². The molecule has 0 fully saturated rings. The normalized spacial score (nSPS) is 12.3. The molecule has 1 nitrogen and oxygen atoms in total. The molecule has 0 bridgehead atoms. The Kier molecular flexibility index (Phi) is 4.90. The SMILES string of the molecule is c1ccc2cc3c(cc2c1)oc1c(-c2ccc4ccc5cccc6ccc2c4c56)ccc(-c2cccc4c2ccc2ccccc24)c13. The first kappa shape index (κ1) is 25.1. The fraction of sp³-hybridized carbons (Fsp3) is 0. The van der Waals surface area contributed by atoms with Crippen molar-refractivity contribution in [3.63, 3.8) is 0 Å². The van der Waals surface area contributed by atoms with Gasteiger partial charge in [0, 0.05) is 16.3 Å². The summed E-state index contributed by atoms with van der Waals surface area (Å²) in [5.74, 6) is 0. The zero-order valence-electron chi connectivity index (χ0n) is 25.4. The zero-order valence-corrected chi connectivity index (χ0v) is 25.4. The Morgan fingerprint density at radius 1 is 0.277 bits per heavy atom. The number of rotatable bonds is 2. The summed E-state index contributed by atoms with van der Waals surface area (Å²) in [6.07, 6.45) is 0. The van der Waals surface area contributed by atoms with Gasteiger partial charge in [0.05, 0.1) is 0 Å². The highest BCUT2D eigenvalue weighted by Gasteiger charge is 2.21. The Labute approximate surface area is 270 Å². The molecule has 1 heteroatoms. The Bertz CT molecular complexity index is 3050. The molecule has 1 aromatic heterocycles. The van der Waals surface area contributed by atoms with Crippen LogP contribution in [0, 0.1) is 0 Å². The highest BCUT2D eigenvalue weighted by Crippen LogP contribution is 2.47. The minimum atomic E-state index is 0.913. The molecule has 0 spiro atoms. The molecule has 0 amide bonds. The second-order valence-electron chi connectivity index (χ2n) is 12.8. The van der Waals surface area contributed by atoms with Gasteiger partial charge in [0.2, 0.25) is 0 Å². The van der Waals surface area contributed by atoms with Gasteiger partial charge < -0.3 is 4.42 Å². The molecule has 0 unspecified atom stereocenters. The predicted octanol–water partition coefficient (Wildman–Crippen LogP) is 13.3. The van der Waals surface area contributed by atoms with E-state index in [2.05, 4.69) is 158 Å². The molecular weight excluding hydrogens is 569 g/mol. The predicted molar refractivity (Wildman–Crippen MR) is 201 cm³/mol. The van der Waals surface area contributed by atoms with Crippen LogP contribution in [0.4, 0.5) is 0 Å². The van der Waals surface area contributed by atoms with E-state index in [1.807, 2.05) is 0 Å². The van der Waals surface area contributed by atoms with E-state index in [1.54, 1.807) is 0 Å². The fourth-order valence-corrected chi connectivity index (χ4v) is 8.25. The van der Waals surface area contributed by atoms with Gasteiger partial charge in [-0.15, -0.1) is 0 Å². The monoisotopic (exact) mass is 594 g/mol. The van der Waals surface area contributed by atoms with Gasteiger partial charge >= 0.3 is 0 Å². The lowest BCUT2D eigenvalue weighted by Gasteiger charge is -2.15. The molecule has 0 saturated carbocycles. The average Bonchev–Trinajstić information content (AvgIpc) is 3.50. The highest BCUT2D eigenvalue weighted by molar-refractivity contribution is 6.28. The Hall–Kier alpha value is -6.18. The van der Waals surface area contributed by atoms with Crippen LogP contribution < -0.4 is 0 Å². The number of furan rings is 1. The summed E-state index contributed by atoms with van der Waals surface area (Å²) in [5.41, 5.74) is 6.57. The summed E-state index contributed by atoms with van der Waals surface area (Å²) < 4.78 is 6.98. The van der Waals surface area contributed by atoms with E-state index >= 15 is 0 Å². The first-order valence-corrected chi connectivity index (χ1v) is 16.3. The molecule has 0 atom stereocenters. The lowest BCUT2D eigenvalue weighted by molar-refractivity contribution is 0.670. The summed E-state index contributed by atoms with van der Waals surface area (Å²) in [4.78, 5) is 0. The van der Waals surface area contributed by atoms with Gasteiger partial charge in [-0.25, -0.2) is 0 Å². The molecule has 0 aliphatic heterocycles. The lowest BCUT2D eigenvalue weighted by atomic mass is 9.87. The van der Waals surface area contributed by atoms with Gasteiger partial charge in [-0.1, -0.05) is 140 Å². The van der Waals surface area contributed by atoms with E-state index in [-0.39, 0.29) is 0 Å². The van der Waals surface area contributed by atoms with Crippen LogP contribution >= 0.6 is 0 Å². The van der Waals surface area contributed by atoms with E-state index < -0.39 is 0 Å². The summed E-state index contributed by atoms with van der Waals surface area (Å²) in [5, 5.41) is 17.5. The first-order chi connectivity index (χ1) is 23.3. The minimum absolute atomic E-state index is 0.913. The Balaban J connectivity index is 1.28. The van der Waals surface area contributed by atoms with Crippen molar-refractivity contribution in [1.29, 1.82) is 0 Å². The Morgan fingerprint density at radius 3 is 1.72 bits per heavy atom. The average molecular weight is 595 g/mol. The fourth-order valence-electron chi connectivity index (χ4n) is 8.25. The molecule has 47 heavy (non-hydrogen) atoms. The van der Waals surface area contributed by atoms with Crippen molar-refractivity contribution in [2.75, 3.05) is 0 Å². The quantitative estimate of drug-likeness (QED) is 0.182. The van der Waals surface area contributed by atoms with Crippen molar-refractivity contribution in [1.82, 2.24) is 0 Å². The maximum Gasteiger partial charge on any atom is 0.143 e. The summed E-state index contributed by atoms with van der Waals surface area (Å²) in [6, 6.07) is 57.8. The molecule has 1 heterocycles. The molecule has 216 valence electrons. The van der Waals surface area contributed by atoms with Gasteiger partial charge in [0.1, 0.15) is 11.2 Å². The number of benzene rings is 10. The molecule has 0 N–H and O–H groups in total. The number of hydrogen-bond acceptors (Lipinski definition) is 1. The summed E-state index contributed by atoms with van der Waals surface area (Å²) in [7, 11) is 0. The zero-order chi connectivity index (χ0) is 30.6. The van der Waals surface area contributed by atoms with Crippen molar-refractivity contribution >= 4 is 86.6 Å². The Morgan fingerprint density at radius 2 is 0.851 bits per heavy atom. The van der Waals surface area contributed by atoms with Gasteiger partial charge in [-0.2, -0.15) is 0 Å². The maximum atomic E-state index is 6.98. The van der Waals surface area contributed by atoms with Crippen LogP contribution in [0.15, 0.2) is 162 Å². The molecule has 0 aliphatic carbocycles. The third-order valence-corrected chi connectivity index (χ3v) is 10.4.